The molecule has 1 heterocycles. The summed E-state index contributed by atoms with van der Waals surface area (Å²) in [7, 11) is 0. The van der Waals surface area contributed by atoms with Crippen molar-refractivity contribution in [2.45, 2.75) is 39.2 Å². The Morgan fingerprint density at radius 1 is 1.15 bits per heavy atom. The molecular weight excluding hydrogens is 339 g/mol. The highest BCUT2D eigenvalue weighted by molar-refractivity contribution is 5.67. The van der Waals surface area contributed by atoms with Gasteiger partial charge in [0, 0.05) is 34.4 Å². The maximum Gasteiger partial charge on any atom is 0.190 e. The molecule has 0 spiro atoms. The smallest absolute Gasteiger partial charge is 0.190 e. The molecule has 3 nitrogen and oxygen atoms in total. The van der Waals surface area contributed by atoms with Gasteiger partial charge >= 0.3 is 0 Å². The molecule has 0 saturated carbocycles. The van der Waals surface area contributed by atoms with Crippen LogP contribution in [0.1, 0.15) is 36.9 Å². The summed E-state index contributed by atoms with van der Waals surface area (Å²) in [5, 5.41) is 5.01. The molecule has 27 heavy (non-hydrogen) atoms. The van der Waals surface area contributed by atoms with Crippen LogP contribution in [0.2, 0.25) is 0 Å². The van der Waals surface area contributed by atoms with E-state index in [0.29, 0.717) is 19.4 Å². The van der Waals surface area contributed by atoms with E-state index >= 15 is 0 Å². The topological polar surface area (TPSA) is 44.9 Å². The van der Waals surface area contributed by atoms with Crippen molar-refractivity contribution in [3.8, 4) is 0 Å². The standard InChI is InChI=1S/C23H23FN2O/c1-15-4-2-5-18(12-15)25-14-19-13-22(27)23-20(6-3-7-21(23)26-19)16-8-10-17(24)11-9-16/h2,4-5,7-8,10,12-13,25-26H,3,6,9,11,14H2,1H3. The lowest BCUT2D eigenvalue weighted by molar-refractivity contribution is 0.584. The minimum Gasteiger partial charge on any atom is -0.379 e. The number of hydrogen-bond donors (Lipinski definition) is 2. The molecule has 0 atom stereocenters. The molecule has 0 amide bonds. The van der Waals surface area contributed by atoms with Gasteiger partial charge < -0.3 is 10.3 Å². The van der Waals surface area contributed by atoms with E-state index < -0.39 is 0 Å². The van der Waals surface area contributed by atoms with Gasteiger partial charge in [0.05, 0.1) is 6.54 Å². The Bertz CT molecular complexity index is 1120. The van der Waals surface area contributed by atoms with Crippen LogP contribution in [0.5, 0.6) is 0 Å². The summed E-state index contributed by atoms with van der Waals surface area (Å²) in [5.41, 5.74) is 5.27. The van der Waals surface area contributed by atoms with Crippen LogP contribution < -0.4 is 21.3 Å². The Balaban J connectivity index is 1.69. The van der Waals surface area contributed by atoms with Crippen molar-refractivity contribution in [3.63, 3.8) is 0 Å². The molecule has 0 radical (unpaired) electrons. The SMILES string of the molecule is Cc1cccc(NCc2cc(=O)c3c([nH]2)=CCCC=3C2=CC=C(F)CC2)c1. The van der Waals surface area contributed by atoms with Crippen molar-refractivity contribution in [1.29, 1.82) is 0 Å². The van der Waals surface area contributed by atoms with Gasteiger partial charge in [0.2, 0.25) is 0 Å². The number of aromatic nitrogens is 1. The third-order valence-corrected chi connectivity index (χ3v) is 5.15. The number of fused-ring (bicyclic) bond motifs is 1. The third-order valence-electron chi connectivity index (χ3n) is 5.15. The first-order chi connectivity index (χ1) is 13.1. The number of benzene rings is 1. The van der Waals surface area contributed by atoms with Gasteiger partial charge in [-0.2, -0.15) is 0 Å². The van der Waals surface area contributed by atoms with Crippen LogP contribution in [-0.2, 0) is 6.54 Å². The van der Waals surface area contributed by atoms with Crippen molar-refractivity contribution in [1.82, 2.24) is 4.98 Å². The van der Waals surface area contributed by atoms with Crippen LogP contribution in [0.25, 0.3) is 11.6 Å². The Labute approximate surface area is 157 Å². The zero-order chi connectivity index (χ0) is 18.8. The molecule has 0 fully saturated rings. The van der Waals surface area contributed by atoms with Gasteiger partial charge in [0.1, 0.15) is 5.83 Å². The number of H-pyrrole nitrogens is 1. The van der Waals surface area contributed by atoms with Crippen LogP contribution in [0, 0.1) is 6.92 Å². The van der Waals surface area contributed by atoms with E-state index in [4.69, 9.17) is 0 Å². The lowest BCUT2D eigenvalue weighted by Crippen LogP contribution is -2.45. The molecule has 4 heteroatoms. The summed E-state index contributed by atoms with van der Waals surface area (Å²) < 4.78 is 13.3. The first-order valence-corrected chi connectivity index (χ1v) is 9.42. The summed E-state index contributed by atoms with van der Waals surface area (Å²) in [5.74, 6) is -0.0894. The van der Waals surface area contributed by atoms with Crippen LogP contribution in [0.4, 0.5) is 10.1 Å². The fraction of sp³-hybridized carbons (Fsp3) is 0.261. The van der Waals surface area contributed by atoms with Crippen molar-refractivity contribution in [2.24, 2.45) is 0 Å². The van der Waals surface area contributed by atoms with Gasteiger partial charge in [-0.1, -0.05) is 24.3 Å². The van der Waals surface area contributed by atoms with Gasteiger partial charge in [-0.3, -0.25) is 4.79 Å². The van der Waals surface area contributed by atoms with Gasteiger partial charge in [-0.05, 0) is 61.1 Å². The molecule has 2 aliphatic rings. The number of aromatic amines is 1. The molecule has 138 valence electrons. The first-order valence-electron chi connectivity index (χ1n) is 9.42. The molecule has 2 aliphatic carbocycles. The Hall–Kier alpha value is -2.88. The number of rotatable bonds is 4. The predicted molar refractivity (Wildman–Crippen MR) is 108 cm³/mol. The molecule has 0 unspecified atom stereocenters. The van der Waals surface area contributed by atoms with Crippen LogP contribution in [0.15, 0.2) is 58.7 Å². The minimum atomic E-state index is -0.0894. The van der Waals surface area contributed by atoms with Crippen molar-refractivity contribution in [3.05, 3.63) is 85.9 Å². The lowest BCUT2D eigenvalue weighted by atomic mass is 9.90. The van der Waals surface area contributed by atoms with E-state index in [1.807, 2.05) is 18.2 Å². The molecule has 0 saturated heterocycles. The average molecular weight is 362 g/mol. The lowest BCUT2D eigenvalue weighted by Gasteiger charge is -2.17. The maximum absolute atomic E-state index is 13.3. The van der Waals surface area contributed by atoms with Crippen LogP contribution in [0.3, 0.4) is 0 Å². The largest absolute Gasteiger partial charge is 0.379 e. The fourth-order valence-corrected chi connectivity index (χ4v) is 3.82. The zero-order valence-electron chi connectivity index (χ0n) is 15.4. The molecule has 0 aliphatic heterocycles. The Morgan fingerprint density at radius 3 is 2.81 bits per heavy atom. The Morgan fingerprint density at radius 2 is 2.04 bits per heavy atom. The molecule has 1 aromatic carbocycles. The van der Waals surface area contributed by atoms with Crippen molar-refractivity contribution in [2.75, 3.05) is 5.32 Å². The number of nitrogens with one attached hydrogen (secondary N) is 2. The summed E-state index contributed by atoms with van der Waals surface area (Å²) in [6, 6.07) is 9.85. The number of pyridine rings is 1. The van der Waals surface area contributed by atoms with E-state index in [0.717, 1.165) is 45.9 Å². The third kappa shape index (κ3) is 3.80. The second kappa shape index (κ2) is 7.39. The molecule has 2 aromatic rings. The maximum atomic E-state index is 13.3. The summed E-state index contributed by atoms with van der Waals surface area (Å²) >= 11 is 0. The molecule has 0 bridgehead atoms. The molecule has 1 aromatic heterocycles. The molecule has 4 rings (SSSR count). The van der Waals surface area contributed by atoms with Crippen LogP contribution >= 0.6 is 0 Å². The van der Waals surface area contributed by atoms with Gasteiger partial charge in [0.15, 0.2) is 5.43 Å². The van der Waals surface area contributed by atoms with E-state index in [1.54, 1.807) is 6.07 Å². The summed E-state index contributed by atoms with van der Waals surface area (Å²) in [6.45, 7) is 2.62. The summed E-state index contributed by atoms with van der Waals surface area (Å²) in [4.78, 5) is 16.3. The quantitative estimate of drug-likeness (QED) is 0.873. The predicted octanol–water partition coefficient (Wildman–Crippen LogP) is 3.59. The second-order valence-electron chi connectivity index (χ2n) is 7.20. The monoisotopic (exact) mass is 362 g/mol. The molecular formula is C23H23FN2O. The normalized spacial score (nSPS) is 16.1. The van der Waals surface area contributed by atoms with Gasteiger partial charge in [0.25, 0.3) is 0 Å². The van der Waals surface area contributed by atoms with Crippen molar-refractivity contribution >= 4 is 17.3 Å². The Kier molecular flexibility index (Phi) is 4.80. The van der Waals surface area contributed by atoms with Crippen LogP contribution in [-0.4, -0.2) is 4.98 Å². The number of halogens is 1. The van der Waals surface area contributed by atoms with E-state index in [-0.39, 0.29) is 11.3 Å². The van der Waals surface area contributed by atoms with E-state index in [9.17, 15) is 9.18 Å². The van der Waals surface area contributed by atoms with Gasteiger partial charge in [-0.25, -0.2) is 4.39 Å². The van der Waals surface area contributed by atoms with Gasteiger partial charge in [-0.15, -0.1) is 0 Å². The highest BCUT2D eigenvalue weighted by Gasteiger charge is 2.15. The number of hydrogen-bond acceptors (Lipinski definition) is 2. The summed E-state index contributed by atoms with van der Waals surface area (Å²) in [6.07, 6.45) is 8.25. The number of allylic oxidation sites excluding steroid dienone is 4. The zero-order valence-corrected chi connectivity index (χ0v) is 15.4. The highest BCUT2D eigenvalue weighted by atomic mass is 19.1. The highest BCUT2D eigenvalue weighted by Crippen LogP contribution is 2.27. The average Bonchev–Trinajstić information content (AvgIpc) is 2.67. The van der Waals surface area contributed by atoms with E-state index in [1.165, 1.54) is 11.6 Å². The number of aryl methyl sites for hydroxylation is 1. The fourth-order valence-electron chi connectivity index (χ4n) is 3.82. The molecule has 2 N–H and O–H groups in total. The number of anilines is 1. The van der Waals surface area contributed by atoms with E-state index in [2.05, 4.69) is 35.4 Å². The second-order valence-corrected chi connectivity index (χ2v) is 7.20. The van der Waals surface area contributed by atoms with Crippen molar-refractivity contribution < 1.29 is 4.39 Å². The minimum absolute atomic E-state index is 0.0340. The first kappa shape index (κ1) is 17.5.